The van der Waals surface area contributed by atoms with Crippen LogP contribution >= 0.6 is 11.3 Å². The zero-order valence-electron chi connectivity index (χ0n) is 13.5. The highest BCUT2D eigenvalue weighted by Crippen LogP contribution is 2.18. The van der Waals surface area contributed by atoms with Gasteiger partial charge >= 0.3 is 0 Å². The first-order chi connectivity index (χ1) is 12.1. The quantitative estimate of drug-likeness (QED) is 0.571. The maximum absolute atomic E-state index is 12.9. The second-order valence-electron chi connectivity index (χ2n) is 5.81. The van der Waals surface area contributed by atoms with E-state index in [-0.39, 0.29) is 11.5 Å². The summed E-state index contributed by atoms with van der Waals surface area (Å²) >= 11 is 1.36. The van der Waals surface area contributed by atoms with E-state index in [4.69, 9.17) is 0 Å². The lowest BCUT2D eigenvalue weighted by atomic mass is 10.2. The highest BCUT2D eigenvalue weighted by atomic mass is 32.1. The van der Waals surface area contributed by atoms with E-state index in [0.29, 0.717) is 28.0 Å². The van der Waals surface area contributed by atoms with Crippen LogP contribution in [0.2, 0.25) is 0 Å². The van der Waals surface area contributed by atoms with Crippen LogP contribution in [-0.2, 0) is 6.54 Å². The van der Waals surface area contributed by atoms with Crippen LogP contribution in [0.4, 0.5) is 0 Å². The van der Waals surface area contributed by atoms with Gasteiger partial charge in [-0.1, -0.05) is 30.3 Å². The maximum Gasteiger partial charge on any atom is 0.275 e. The normalized spacial score (nSPS) is 11.1. The number of fused-ring (bicyclic) bond motifs is 2. The lowest BCUT2D eigenvalue weighted by Crippen LogP contribution is -2.28. The van der Waals surface area contributed by atoms with Crippen molar-refractivity contribution in [3.8, 4) is 0 Å². The van der Waals surface area contributed by atoms with Crippen molar-refractivity contribution in [2.45, 2.75) is 6.54 Å². The van der Waals surface area contributed by atoms with Crippen molar-refractivity contribution >= 4 is 33.1 Å². The second-order valence-corrected chi connectivity index (χ2v) is 6.73. The van der Waals surface area contributed by atoms with Crippen molar-refractivity contribution in [1.82, 2.24) is 14.3 Å². The van der Waals surface area contributed by atoms with Gasteiger partial charge in [-0.2, -0.15) is 0 Å². The van der Waals surface area contributed by atoms with Crippen LogP contribution in [0, 0.1) is 0 Å². The van der Waals surface area contributed by atoms with Crippen LogP contribution in [0.25, 0.3) is 15.9 Å². The maximum atomic E-state index is 12.9. The SMILES string of the molecule is CN(Cc1ccccc1)C(=O)c1cccn2c(=O)c3sccc3nc12. The number of hydrogen-bond acceptors (Lipinski definition) is 4. The number of thiophene rings is 1. The van der Waals surface area contributed by atoms with Crippen LogP contribution in [0.15, 0.2) is 64.9 Å². The molecule has 0 saturated carbocycles. The Morgan fingerprint density at radius 2 is 1.96 bits per heavy atom. The number of carbonyl (C=O) groups is 1. The summed E-state index contributed by atoms with van der Waals surface area (Å²) in [5, 5.41) is 1.83. The Kier molecular flexibility index (Phi) is 3.82. The van der Waals surface area contributed by atoms with Gasteiger partial charge in [-0.3, -0.25) is 14.0 Å². The first-order valence-electron chi connectivity index (χ1n) is 7.83. The molecule has 0 unspecified atom stereocenters. The molecule has 0 N–H and O–H groups in total. The van der Waals surface area contributed by atoms with Crippen LogP contribution in [-0.4, -0.2) is 27.2 Å². The van der Waals surface area contributed by atoms with Gasteiger partial charge in [-0.25, -0.2) is 4.98 Å². The summed E-state index contributed by atoms with van der Waals surface area (Å²) in [5.41, 5.74) is 2.34. The lowest BCUT2D eigenvalue weighted by molar-refractivity contribution is 0.0786. The fourth-order valence-corrected chi connectivity index (χ4v) is 3.62. The van der Waals surface area contributed by atoms with E-state index in [1.54, 1.807) is 36.3 Å². The van der Waals surface area contributed by atoms with Gasteiger partial charge in [-0.15, -0.1) is 11.3 Å². The predicted molar refractivity (Wildman–Crippen MR) is 99.1 cm³/mol. The molecule has 0 aliphatic rings. The number of benzene rings is 1. The minimum Gasteiger partial charge on any atom is -0.337 e. The summed E-state index contributed by atoms with van der Waals surface area (Å²) in [6.45, 7) is 0.492. The van der Waals surface area contributed by atoms with Crippen molar-refractivity contribution in [2.75, 3.05) is 7.05 Å². The molecule has 0 fully saturated rings. The molecular weight excluding hydrogens is 334 g/mol. The van der Waals surface area contributed by atoms with Crippen LogP contribution in [0.3, 0.4) is 0 Å². The molecule has 124 valence electrons. The minimum atomic E-state index is -0.163. The Morgan fingerprint density at radius 1 is 1.16 bits per heavy atom. The highest BCUT2D eigenvalue weighted by molar-refractivity contribution is 7.17. The molecule has 5 nitrogen and oxygen atoms in total. The Balaban J connectivity index is 1.79. The van der Waals surface area contributed by atoms with Gasteiger partial charge in [0.1, 0.15) is 4.70 Å². The average Bonchev–Trinajstić information content (AvgIpc) is 3.10. The van der Waals surface area contributed by atoms with Crippen LogP contribution in [0.1, 0.15) is 15.9 Å². The molecule has 0 aliphatic carbocycles. The van der Waals surface area contributed by atoms with Crippen molar-refractivity contribution in [3.05, 3.63) is 81.6 Å². The zero-order chi connectivity index (χ0) is 17.4. The Labute approximate surface area is 147 Å². The third-order valence-electron chi connectivity index (χ3n) is 4.09. The Hall–Kier alpha value is -2.99. The molecule has 0 radical (unpaired) electrons. The summed E-state index contributed by atoms with van der Waals surface area (Å²) in [4.78, 5) is 31.7. The number of carbonyl (C=O) groups excluding carboxylic acids is 1. The predicted octanol–water partition coefficient (Wildman–Crippen LogP) is 3.18. The molecule has 6 heteroatoms. The fraction of sp³-hybridized carbons (Fsp3) is 0.105. The van der Waals surface area contributed by atoms with Gasteiger partial charge < -0.3 is 4.90 Å². The van der Waals surface area contributed by atoms with Crippen LogP contribution in [0.5, 0.6) is 0 Å². The molecule has 0 aliphatic heterocycles. The van der Waals surface area contributed by atoms with Crippen molar-refractivity contribution in [2.24, 2.45) is 0 Å². The summed E-state index contributed by atoms with van der Waals surface area (Å²) in [7, 11) is 1.75. The summed E-state index contributed by atoms with van der Waals surface area (Å²) in [5.74, 6) is -0.163. The van der Waals surface area contributed by atoms with E-state index in [0.717, 1.165) is 5.56 Å². The molecule has 3 aromatic heterocycles. The van der Waals surface area contributed by atoms with E-state index >= 15 is 0 Å². The molecule has 4 rings (SSSR count). The van der Waals surface area contributed by atoms with Crippen LogP contribution < -0.4 is 5.56 Å². The number of amides is 1. The molecule has 25 heavy (non-hydrogen) atoms. The van der Waals surface area contributed by atoms with Crippen molar-refractivity contribution in [3.63, 3.8) is 0 Å². The number of rotatable bonds is 3. The van der Waals surface area contributed by atoms with E-state index in [9.17, 15) is 9.59 Å². The molecule has 4 aromatic rings. The van der Waals surface area contributed by atoms with Gasteiger partial charge in [0, 0.05) is 19.8 Å². The lowest BCUT2D eigenvalue weighted by Gasteiger charge is -2.18. The molecule has 1 aromatic carbocycles. The molecular formula is C19H15N3O2S. The van der Waals surface area contributed by atoms with Gasteiger partial charge in [-0.05, 0) is 29.1 Å². The monoisotopic (exact) mass is 349 g/mol. The minimum absolute atomic E-state index is 0.143. The first kappa shape index (κ1) is 15.5. The van der Waals surface area contributed by atoms with Gasteiger partial charge in [0.25, 0.3) is 11.5 Å². The summed E-state index contributed by atoms with van der Waals surface area (Å²) < 4.78 is 2.04. The smallest absolute Gasteiger partial charge is 0.275 e. The van der Waals surface area contributed by atoms with E-state index in [1.165, 1.54) is 15.7 Å². The Morgan fingerprint density at radius 3 is 2.76 bits per heavy atom. The highest BCUT2D eigenvalue weighted by Gasteiger charge is 2.18. The summed E-state index contributed by atoms with van der Waals surface area (Å²) in [6.07, 6.45) is 1.65. The van der Waals surface area contributed by atoms with Crippen molar-refractivity contribution < 1.29 is 4.79 Å². The number of nitrogens with zero attached hydrogens (tertiary/aromatic N) is 3. The molecule has 0 spiro atoms. The number of hydrogen-bond donors (Lipinski definition) is 0. The number of aromatic nitrogens is 2. The topological polar surface area (TPSA) is 54.7 Å². The number of pyridine rings is 1. The van der Waals surface area contributed by atoms with E-state index in [2.05, 4.69) is 4.98 Å². The standard InChI is InChI=1S/C19H15N3O2S/c1-21(12-13-6-3-2-4-7-13)18(23)14-8-5-10-22-17(14)20-15-9-11-25-16(15)19(22)24/h2-11H,12H2,1H3. The average molecular weight is 349 g/mol. The molecule has 1 amide bonds. The Bertz CT molecular complexity index is 1130. The fourth-order valence-electron chi connectivity index (χ4n) is 2.85. The van der Waals surface area contributed by atoms with Gasteiger partial charge in [0.2, 0.25) is 0 Å². The molecule has 0 bridgehead atoms. The second kappa shape index (κ2) is 6.14. The van der Waals surface area contributed by atoms with Crippen molar-refractivity contribution in [1.29, 1.82) is 0 Å². The third-order valence-corrected chi connectivity index (χ3v) is 4.98. The zero-order valence-corrected chi connectivity index (χ0v) is 14.4. The molecule has 0 saturated heterocycles. The van der Waals surface area contributed by atoms with Gasteiger partial charge in [0.05, 0.1) is 11.1 Å². The first-order valence-corrected chi connectivity index (χ1v) is 8.71. The largest absolute Gasteiger partial charge is 0.337 e. The van der Waals surface area contributed by atoms with E-state index < -0.39 is 0 Å². The molecule has 3 heterocycles. The molecule has 0 atom stereocenters. The summed E-state index contributed by atoms with van der Waals surface area (Å²) in [6, 6.07) is 15.0. The van der Waals surface area contributed by atoms with Gasteiger partial charge in [0.15, 0.2) is 5.65 Å². The third kappa shape index (κ3) is 2.70. The van der Waals surface area contributed by atoms with E-state index in [1.807, 2.05) is 35.7 Å².